The quantitative estimate of drug-likeness (QED) is 0.637. The van der Waals surface area contributed by atoms with E-state index in [0.717, 1.165) is 16.8 Å². The first-order valence-electron chi connectivity index (χ1n) is 10.7. The maximum absolute atomic E-state index is 12.8. The molecule has 3 aromatic rings. The van der Waals surface area contributed by atoms with E-state index in [2.05, 4.69) is 36.0 Å². The minimum absolute atomic E-state index is 0.0156. The number of morpholine rings is 1. The van der Waals surface area contributed by atoms with Crippen molar-refractivity contribution in [2.24, 2.45) is 0 Å². The molecular weight excluding hydrogens is 406 g/mol. The third kappa shape index (κ3) is 4.91. The molecule has 4 rings (SSSR count). The molecule has 32 heavy (non-hydrogen) atoms. The number of ether oxygens (including phenoxy) is 2. The van der Waals surface area contributed by atoms with Crippen molar-refractivity contribution in [3.63, 3.8) is 0 Å². The van der Waals surface area contributed by atoms with Crippen molar-refractivity contribution in [2.75, 3.05) is 32.0 Å². The van der Waals surface area contributed by atoms with Crippen LogP contribution in [0.15, 0.2) is 48.8 Å². The van der Waals surface area contributed by atoms with E-state index >= 15 is 0 Å². The highest BCUT2D eigenvalue weighted by atomic mass is 16.5. The predicted molar refractivity (Wildman–Crippen MR) is 122 cm³/mol. The Morgan fingerprint density at radius 3 is 2.78 bits per heavy atom. The van der Waals surface area contributed by atoms with E-state index < -0.39 is 0 Å². The van der Waals surface area contributed by atoms with Gasteiger partial charge >= 0.3 is 0 Å². The molecule has 3 heterocycles. The Hall–Kier alpha value is -3.39. The lowest BCUT2D eigenvalue weighted by atomic mass is 9.87. The van der Waals surface area contributed by atoms with Crippen molar-refractivity contribution in [2.45, 2.75) is 32.3 Å². The fraction of sp³-hybridized carbons (Fsp3) is 0.375. The summed E-state index contributed by atoms with van der Waals surface area (Å²) >= 11 is 0. The molecular formula is C24H29N5O3. The molecule has 0 aliphatic carbocycles. The highest BCUT2D eigenvalue weighted by Gasteiger charge is 2.28. The SMILES string of the molecule is CC(C)(C)c1ccc(OCC(=O)N2CCO[C@@H](c3[nH]ncc3-c3ccnc(N)c3)C2)cc1. The molecule has 1 aliphatic rings. The molecule has 0 radical (unpaired) electrons. The first-order valence-corrected chi connectivity index (χ1v) is 10.7. The third-order valence-electron chi connectivity index (χ3n) is 5.58. The number of H-pyrrole nitrogens is 1. The number of amides is 1. The molecule has 168 valence electrons. The predicted octanol–water partition coefficient (Wildman–Crippen LogP) is 3.33. The average Bonchev–Trinajstić information content (AvgIpc) is 3.27. The smallest absolute Gasteiger partial charge is 0.260 e. The summed E-state index contributed by atoms with van der Waals surface area (Å²) in [4.78, 5) is 18.6. The summed E-state index contributed by atoms with van der Waals surface area (Å²) in [6, 6.07) is 11.6. The number of nitrogens with two attached hydrogens (primary N) is 1. The van der Waals surface area contributed by atoms with Crippen LogP contribution in [0, 0.1) is 0 Å². The fourth-order valence-electron chi connectivity index (χ4n) is 3.73. The van der Waals surface area contributed by atoms with E-state index in [1.165, 1.54) is 5.56 Å². The van der Waals surface area contributed by atoms with Gasteiger partial charge in [0.1, 0.15) is 17.7 Å². The summed E-state index contributed by atoms with van der Waals surface area (Å²) < 4.78 is 11.7. The standard InChI is InChI=1S/C24H29N5O3/c1-24(2,3)17-4-6-18(7-5-17)32-15-22(30)29-10-11-31-20(14-29)23-19(13-27-28-23)16-8-9-26-21(25)12-16/h4-9,12-13,20H,10-11,14-15H2,1-3H3,(H2,25,26)(H,27,28)/t20-/m1/s1. The van der Waals surface area contributed by atoms with Crippen molar-refractivity contribution in [3.05, 3.63) is 60.0 Å². The van der Waals surface area contributed by atoms with Gasteiger partial charge in [-0.25, -0.2) is 4.98 Å². The molecule has 1 amide bonds. The first-order chi connectivity index (χ1) is 15.3. The van der Waals surface area contributed by atoms with Gasteiger partial charge in [-0.15, -0.1) is 0 Å². The summed E-state index contributed by atoms with van der Waals surface area (Å²) in [5, 5.41) is 7.20. The number of carbonyl (C=O) groups excluding carboxylic acids is 1. The number of pyridine rings is 1. The van der Waals surface area contributed by atoms with Gasteiger partial charge < -0.3 is 20.1 Å². The van der Waals surface area contributed by atoms with E-state index in [0.29, 0.717) is 31.3 Å². The molecule has 8 heteroatoms. The van der Waals surface area contributed by atoms with Crippen LogP contribution in [0.1, 0.15) is 38.1 Å². The van der Waals surface area contributed by atoms with Crippen LogP contribution in [0.2, 0.25) is 0 Å². The van der Waals surface area contributed by atoms with Crippen molar-refractivity contribution < 1.29 is 14.3 Å². The molecule has 0 bridgehead atoms. The van der Waals surface area contributed by atoms with Crippen molar-refractivity contribution in [3.8, 4) is 16.9 Å². The van der Waals surface area contributed by atoms with Crippen LogP contribution in [-0.4, -0.2) is 52.3 Å². The number of nitrogen functional groups attached to an aromatic ring is 1. The van der Waals surface area contributed by atoms with E-state index in [4.69, 9.17) is 15.2 Å². The van der Waals surface area contributed by atoms with E-state index in [9.17, 15) is 4.79 Å². The third-order valence-corrected chi connectivity index (χ3v) is 5.58. The molecule has 0 saturated carbocycles. The van der Waals surface area contributed by atoms with Crippen molar-refractivity contribution in [1.29, 1.82) is 0 Å². The van der Waals surface area contributed by atoms with Crippen molar-refractivity contribution in [1.82, 2.24) is 20.1 Å². The number of nitrogens with one attached hydrogen (secondary N) is 1. The fourth-order valence-corrected chi connectivity index (χ4v) is 3.73. The summed E-state index contributed by atoms with van der Waals surface area (Å²) in [5.74, 6) is 1.04. The van der Waals surface area contributed by atoms with E-state index in [-0.39, 0.29) is 24.0 Å². The second kappa shape index (κ2) is 9.00. The Bertz CT molecular complexity index is 1070. The minimum atomic E-state index is -0.314. The zero-order valence-electron chi connectivity index (χ0n) is 18.7. The molecule has 8 nitrogen and oxygen atoms in total. The van der Waals surface area contributed by atoms with Gasteiger partial charge in [-0.2, -0.15) is 5.10 Å². The van der Waals surface area contributed by atoms with Crippen LogP contribution < -0.4 is 10.5 Å². The summed E-state index contributed by atoms with van der Waals surface area (Å²) in [6.45, 7) is 7.85. The Labute approximate surface area is 187 Å². The lowest BCUT2D eigenvalue weighted by Crippen LogP contribution is -2.44. The summed E-state index contributed by atoms with van der Waals surface area (Å²) in [5.41, 5.74) is 9.71. The highest BCUT2D eigenvalue weighted by Crippen LogP contribution is 2.31. The second-order valence-electron chi connectivity index (χ2n) is 8.93. The zero-order valence-corrected chi connectivity index (χ0v) is 18.7. The second-order valence-corrected chi connectivity index (χ2v) is 8.93. The lowest BCUT2D eigenvalue weighted by Gasteiger charge is -2.32. The lowest BCUT2D eigenvalue weighted by molar-refractivity contribution is -0.141. The number of benzene rings is 1. The van der Waals surface area contributed by atoms with Gasteiger partial charge in [-0.1, -0.05) is 32.9 Å². The Balaban J connectivity index is 1.39. The summed E-state index contributed by atoms with van der Waals surface area (Å²) in [7, 11) is 0. The number of hydrogen-bond acceptors (Lipinski definition) is 6. The molecule has 1 fully saturated rings. The Morgan fingerprint density at radius 1 is 1.28 bits per heavy atom. The number of nitrogens with zero attached hydrogens (tertiary/aromatic N) is 3. The van der Waals surface area contributed by atoms with Gasteiger partial charge in [-0.3, -0.25) is 9.89 Å². The maximum Gasteiger partial charge on any atom is 0.260 e. The van der Waals surface area contributed by atoms with Crippen LogP contribution in [0.4, 0.5) is 5.82 Å². The zero-order chi connectivity index (χ0) is 22.7. The minimum Gasteiger partial charge on any atom is -0.484 e. The topological polar surface area (TPSA) is 106 Å². The molecule has 0 spiro atoms. The van der Waals surface area contributed by atoms with Gasteiger partial charge in [0.05, 0.1) is 25.0 Å². The van der Waals surface area contributed by atoms with E-state index in [1.807, 2.05) is 30.3 Å². The maximum atomic E-state index is 12.8. The molecule has 1 atom stereocenters. The van der Waals surface area contributed by atoms with Gasteiger partial charge in [0, 0.05) is 18.3 Å². The van der Waals surface area contributed by atoms with Gasteiger partial charge in [0.25, 0.3) is 5.91 Å². The highest BCUT2D eigenvalue weighted by molar-refractivity contribution is 5.78. The van der Waals surface area contributed by atoms with E-state index in [1.54, 1.807) is 23.4 Å². The van der Waals surface area contributed by atoms with Gasteiger partial charge in [-0.05, 0) is 40.8 Å². The van der Waals surface area contributed by atoms with Crippen LogP contribution in [0.25, 0.3) is 11.1 Å². The normalized spacial score (nSPS) is 16.7. The Kier molecular flexibility index (Phi) is 6.14. The van der Waals surface area contributed by atoms with Crippen LogP contribution in [-0.2, 0) is 14.9 Å². The molecule has 1 saturated heterocycles. The number of aromatic amines is 1. The number of hydrogen-bond donors (Lipinski definition) is 2. The first kappa shape index (κ1) is 21.8. The Morgan fingerprint density at radius 2 is 2.06 bits per heavy atom. The number of anilines is 1. The number of aromatic nitrogens is 3. The summed E-state index contributed by atoms with van der Waals surface area (Å²) in [6.07, 6.45) is 3.08. The molecule has 2 aromatic heterocycles. The largest absolute Gasteiger partial charge is 0.484 e. The molecule has 1 aromatic carbocycles. The average molecular weight is 436 g/mol. The molecule has 0 unspecified atom stereocenters. The van der Waals surface area contributed by atoms with Crippen LogP contribution in [0.5, 0.6) is 5.75 Å². The molecule has 1 aliphatic heterocycles. The number of rotatable bonds is 5. The van der Waals surface area contributed by atoms with Crippen LogP contribution in [0.3, 0.4) is 0 Å². The van der Waals surface area contributed by atoms with Crippen LogP contribution >= 0.6 is 0 Å². The number of carbonyl (C=O) groups is 1. The monoisotopic (exact) mass is 435 g/mol. The van der Waals surface area contributed by atoms with Crippen molar-refractivity contribution >= 4 is 11.7 Å². The molecule has 3 N–H and O–H groups in total. The van der Waals surface area contributed by atoms with Gasteiger partial charge in [0.2, 0.25) is 0 Å². The van der Waals surface area contributed by atoms with Gasteiger partial charge in [0.15, 0.2) is 6.61 Å².